The Morgan fingerprint density at radius 2 is 1.72 bits per heavy atom. The molecule has 2 aliphatic heterocycles. The van der Waals surface area contributed by atoms with Crippen molar-refractivity contribution in [1.29, 1.82) is 0 Å². The van der Waals surface area contributed by atoms with Crippen LogP contribution < -0.4 is 14.4 Å². The summed E-state index contributed by atoms with van der Waals surface area (Å²) in [6, 6.07) is 3.15. The summed E-state index contributed by atoms with van der Waals surface area (Å²) in [5.74, 6) is -1.02. The number of hydrogen-bond donors (Lipinski definition) is 0. The van der Waals surface area contributed by atoms with Gasteiger partial charge < -0.3 is 28.7 Å². The van der Waals surface area contributed by atoms with E-state index < -0.39 is 18.0 Å². The first kappa shape index (κ1) is 24.1. The highest BCUT2D eigenvalue weighted by Gasteiger charge is 2.39. The molecule has 1 aromatic carbocycles. The van der Waals surface area contributed by atoms with Crippen molar-refractivity contribution in [1.82, 2.24) is 4.90 Å². The summed E-state index contributed by atoms with van der Waals surface area (Å²) in [7, 11) is 2.95. The molecule has 1 aromatic rings. The molecule has 0 N–H and O–H groups in total. The smallest absolute Gasteiger partial charge is 0.312 e. The molecular formula is C22H29ClN2O7. The van der Waals surface area contributed by atoms with Crippen LogP contribution in [0.25, 0.3) is 0 Å². The van der Waals surface area contributed by atoms with Crippen LogP contribution in [0.4, 0.5) is 5.69 Å². The predicted molar refractivity (Wildman–Crippen MR) is 117 cm³/mol. The van der Waals surface area contributed by atoms with E-state index in [1.54, 1.807) is 24.0 Å². The SMILES string of the molecule is COc1cc(OC)c(N2CC(C(=O)OC(C)C(=O)N3CC(C)OC(C)C3)CC2=O)cc1Cl. The zero-order chi connectivity index (χ0) is 23.6. The summed E-state index contributed by atoms with van der Waals surface area (Å²) >= 11 is 6.22. The standard InChI is InChI=1S/C22H29ClN2O7/c1-12-9-24(10-13(2)31-12)21(27)14(3)32-22(28)15-6-20(26)25(11-15)17-7-16(23)18(29-4)8-19(17)30-5/h7-8,12-15H,6,9-11H2,1-5H3. The molecule has 9 nitrogen and oxygen atoms in total. The van der Waals surface area contributed by atoms with Crippen LogP contribution in [0.3, 0.4) is 0 Å². The van der Waals surface area contributed by atoms with Crippen LogP contribution in [0.5, 0.6) is 11.5 Å². The van der Waals surface area contributed by atoms with E-state index in [2.05, 4.69) is 0 Å². The van der Waals surface area contributed by atoms with Gasteiger partial charge in [0, 0.05) is 32.1 Å². The van der Waals surface area contributed by atoms with Gasteiger partial charge in [0.25, 0.3) is 5.91 Å². The molecule has 0 aliphatic carbocycles. The molecule has 10 heteroatoms. The summed E-state index contributed by atoms with van der Waals surface area (Å²) in [4.78, 5) is 41.2. The lowest BCUT2D eigenvalue weighted by atomic mass is 10.1. The number of carbonyl (C=O) groups excluding carboxylic acids is 3. The average Bonchev–Trinajstić information content (AvgIpc) is 3.13. The van der Waals surface area contributed by atoms with Crippen molar-refractivity contribution in [2.45, 2.75) is 45.5 Å². The Labute approximate surface area is 192 Å². The van der Waals surface area contributed by atoms with E-state index in [0.29, 0.717) is 35.3 Å². The van der Waals surface area contributed by atoms with Crippen molar-refractivity contribution in [3.63, 3.8) is 0 Å². The third kappa shape index (κ3) is 5.10. The van der Waals surface area contributed by atoms with Gasteiger partial charge in [-0.1, -0.05) is 11.6 Å². The van der Waals surface area contributed by atoms with E-state index in [9.17, 15) is 14.4 Å². The van der Waals surface area contributed by atoms with Crippen LogP contribution in [0, 0.1) is 5.92 Å². The second-order valence-electron chi connectivity index (χ2n) is 8.14. The van der Waals surface area contributed by atoms with Crippen molar-refractivity contribution >= 4 is 35.1 Å². The van der Waals surface area contributed by atoms with Crippen molar-refractivity contribution in [2.24, 2.45) is 5.92 Å². The van der Waals surface area contributed by atoms with Crippen LogP contribution in [-0.4, -0.2) is 74.8 Å². The Morgan fingerprint density at radius 3 is 2.31 bits per heavy atom. The number of methoxy groups -OCH3 is 2. The first-order valence-corrected chi connectivity index (χ1v) is 10.9. The molecule has 4 atom stereocenters. The number of benzene rings is 1. The quantitative estimate of drug-likeness (QED) is 0.591. The Kier molecular flexibility index (Phi) is 7.51. The Bertz CT molecular complexity index is 883. The third-order valence-electron chi connectivity index (χ3n) is 5.57. The normalized spacial score (nSPS) is 24.3. The van der Waals surface area contributed by atoms with Gasteiger partial charge >= 0.3 is 5.97 Å². The monoisotopic (exact) mass is 468 g/mol. The van der Waals surface area contributed by atoms with Gasteiger partial charge in [-0.05, 0) is 26.8 Å². The number of nitrogens with zero attached hydrogens (tertiary/aromatic N) is 2. The highest BCUT2D eigenvalue weighted by Crippen LogP contribution is 2.40. The Morgan fingerprint density at radius 1 is 1.09 bits per heavy atom. The van der Waals surface area contributed by atoms with Crippen molar-refractivity contribution in [2.75, 3.05) is 38.8 Å². The highest BCUT2D eigenvalue weighted by atomic mass is 35.5. The predicted octanol–water partition coefficient (Wildman–Crippen LogP) is 2.28. The molecule has 2 aliphatic rings. The maximum absolute atomic E-state index is 12.7. The second kappa shape index (κ2) is 9.95. The van der Waals surface area contributed by atoms with Gasteiger partial charge in [0.1, 0.15) is 11.5 Å². The fourth-order valence-corrected chi connectivity index (χ4v) is 4.32. The Balaban J connectivity index is 1.66. The first-order chi connectivity index (χ1) is 15.1. The summed E-state index contributed by atoms with van der Waals surface area (Å²) < 4.78 is 21.6. The maximum atomic E-state index is 12.7. The molecule has 3 rings (SSSR count). The van der Waals surface area contributed by atoms with Gasteiger partial charge in [0.2, 0.25) is 5.91 Å². The van der Waals surface area contributed by atoms with Crippen LogP contribution in [0.15, 0.2) is 12.1 Å². The van der Waals surface area contributed by atoms with Gasteiger partial charge in [-0.15, -0.1) is 0 Å². The minimum atomic E-state index is -0.950. The van der Waals surface area contributed by atoms with Crippen molar-refractivity contribution < 1.29 is 33.3 Å². The first-order valence-electron chi connectivity index (χ1n) is 10.5. The molecule has 0 saturated carbocycles. The largest absolute Gasteiger partial charge is 0.495 e. The topological polar surface area (TPSA) is 94.6 Å². The van der Waals surface area contributed by atoms with E-state index in [1.165, 1.54) is 19.1 Å². The molecule has 2 saturated heterocycles. The van der Waals surface area contributed by atoms with E-state index in [0.717, 1.165) is 0 Å². The minimum absolute atomic E-state index is 0.0296. The van der Waals surface area contributed by atoms with Gasteiger partial charge in [-0.3, -0.25) is 14.4 Å². The molecule has 176 valence electrons. The number of amides is 2. The minimum Gasteiger partial charge on any atom is -0.495 e. The molecule has 0 bridgehead atoms. The van der Waals surface area contributed by atoms with Gasteiger partial charge in [-0.2, -0.15) is 0 Å². The molecule has 0 spiro atoms. The number of anilines is 1. The summed E-state index contributed by atoms with van der Waals surface area (Å²) in [5, 5.41) is 0.315. The number of halogens is 1. The third-order valence-corrected chi connectivity index (χ3v) is 5.87. The molecule has 0 aromatic heterocycles. The summed E-state index contributed by atoms with van der Waals surface area (Å²) in [5.41, 5.74) is 0.444. The number of esters is 1. The zero-order valence-corrected chi connectivity index (χ0v) is 19.7. The maximum Gasteiger partial charge on any atom is 0.312 e. The van der Waals surface area contributed by atoms with Gasteiger partial charge in [-0.25, -0.2) is 0 Å². The van der Waals surface area contributed by atoms with E-state index in [4.69, 9.17) is 30.5 Å². The number of hydrogen-bond acceptors (Lipinski definition) is 7. The lowest BCUT2D eigenvalue weighted by Crippen LogP contribution is -2.51. The molecule has 2 heterocycles. The molecule has 2 fully saturated rings. The number of morpholine rings is 1. The number of carbonyl (C=O) groups is 3. The highest BCUT2D eigenvalue weighted by molar-refractivity contribution is 6.32. The molecule has 32 heavy (non-hydrogen) atoms. The van der Waals surface area contributed by atoms with Gasteiger partial charge in [0.05, 0.1) is 43.1 Å². The number of ether oxygens (including phenoxy) is 4. The average molecular weight is 469 g/mol. The van der Waals surface area contributed by atoms with Crippen molar-refractivity contribution in [3.05, 3.63) is 17.2 Å². The van der Waals surface area contributed by atoms with Crippen LogP contribution in [0.1, 0.15) is 27.2 Å². The van der Waals surface area contributed by atoms with E-state index in [-0.39, 0.29) is 37.0 Å². The fourth-order valence-electron chi connectivity index (χ4n) is 4.09. The Hall–Kier alpha value is -2.52. The zero-order valence-electron chi connectivity index (χ0n) is 18.9. The molecule has 0 radical (unpaired) electrons. The van der Waals surface area contributed by atoms with Crippen molar-refractivity contribution in [3.8, 4) is 11.5 Å². The van der Waals surface area contributed by atoms with E-state index >= 15 is 0 Å². The number of rotatable bonds is 6. The summed E-state index contributed by atoms with van der Waals surface area (Å²) in [6.45, 7) is 6.32. The molecule has 2 amide bonds. The fraction of sp³-hybridized carbons (Fsp3) is 0.591. The van der Waals surface area contributed by atoms with E-state index in [1.807, 2.05) is 13.8 Å². The lowest BCUT2D eigenvalue weighted by molar-refractivity contribution is -0.166. The lowest BCUT2D eigenvalue weighted by Gasteiger charge is -2.36. The van der Waals surface area contributed by atoms with Crippen LogP contribution in [-0.2, 0) is 23.9 Å². The summed E-state index contributed by atoms with van der Waals surface area (Å²) in [6.07, 6.45) is -1.15. The molecule has 4 unspecified atom stereocenters. The second-order valence-corrected chi connectivity index (χ2v) is 8.55. The molecular weight excluding hydrogens is 440 g/mol. The van der Waals surface area contributed by atoms with Crippen LogP contribution in [0.2, 0.25) is 5.02 Å². The van der Waals surface area contributed by atoms with Crippen LogP contribution >= 0.6 is 11.6 Å². The van der Waals surface area contributed by atoms with Gasteiger partial charge in [0.15, 0.2) is 6.10 Å².